The fraction of sp³-hybridized carbons (Fsp3) is 0.417. The van der Waals surface area contributed by atoms with Gasteiger partial charge in [-0.15, -0.1) is 0 Å². The second kappa shape index (κ2) is 6.87. The lowest BCUT2D eigenvalue weighted by Gasteiger charge is -2.12. The monoisotopic (exact) mass is 319 g/mol. The van der Waals surface area contributed by atoms with Gasteiger partial charge in [0, 0.05) is 16.0 Å². The Kier molecular flexibility index (Phi) is 5.78. The van der Waals surface area contributed by atoms with E-state index in [1.54, 1.807) is 6.07 Å². The molecule has 0 saturated heterocycles. The molecule has 1 aromatic carbocycles. The van der Waals surface area contributed by atoms with Crippen molar-refractivity contribution in [2.75, 3.05) is 11.9 Å². The molecule has 0 amide bonds. The summed E-state index contributed by atoms with van der Waals surface area (Å²) < 4.78 is 0.680. The fourth-order valence-corrected chi connectivity index (χ4v) is 2.46. The summed E-state index contributed by atoms with van der Waals surface area (Å²) in [6, 6.07) is 3.15. The molecule has 94 valence electrons. The first kappa shape index (κ1) is 14.3. The lowest BCUT2D eigenvalue weighted by atomic mass is 10.1. The number of rotatable bonds is 6. The molecule has 0 aliphatic rings. The Labute approximate surface area is 114 Å². The van der Waals surface area contributed by atoms with Crippen molar-refractivity contribution in [2.45, 2.75) is 26.2 Å². The van der Waals surface area contributed by atoms with Crippen LogP contribution in [0.15, 0.2) is 16.6 Å². The predicted molar refractivity (Wildman–Crippen MR) is 74.1 cm³/mol. The lowest BCUT2D eigenvalue weighted by Crippen LogP contribution is -2.08. The van der Waals surface area contributed by atoms with Crippen LogP contribution in [0.25, 0.3) is 0 Å². The van der Waals surface area contributed by atoms with Crippen LogP contribution in [0, 0.1) is 0 Å². The Morgan fingerprint density at radius 1 is 1.47 bits per heavy atom. The minimum Gasteiger partial charge on any atom is -0.478 e. The summed E-state index contributed by atoms with van der Waals surface area (Å²) in [4.78, 5) is 11.1. The summed E-state index contributed by atoms with van der Waals surface area (Å²) in [6.07, 6.45) is 3.28. The second-order valence-corrected chi connectivity index (χ2v) is 5.04. The highest BCUT2D eigenvalue weighted by molar-refractivity contribution is 9.10. The van der Waals surface area contributed by atoms with E-state index >= 15 is 0 Å². The SMILES string of the molecule is CCCCCNc1c(Br)cc(Cl)cc1C(=O)O. The van der Waals surface area contributed by atoms with Gasteiger partial charge in [-0.25, -0.2) is 4.79 Å². The molecule has 0 fully saturated rings. The molecule has 2 N–H and O–H groups in total. The van der Waals surface area contributed by atoms with Crippen molar-refractivity contribution in [2.24, 2.45) is 0 Å². The number of anilines is 1. The number of carbonyl (C=O) groups is 1. The second-order valence-electron chi connectivity index (χ2n) is 3.75. The third-order valence-electron chi connectivity index (χ3n) is 2.37. The zero-order valence-electron chi connectivity index (χ0n) is 9.59. The standard InChI is InChI=1S/C12H15BrClNO2/c1-2-3-4-5-15-11-9(12(16)17)6-8(14)7-10(11)13/h6-7,15H,2-5H2,1H3,(H,16,17). The van der Waals surface area contributed by atoms with E-state index in [2.05, 4.69) is 28.2 Å². The normalized spacial score (nSPS) is 10.3. The molecule has 0 radical (unpaired) electrons. The molecule has 0 aliphatic heterocycles. The van der Waals surface area contributed by atoms with Crippen molar-refractivity contribution < 1.29 is 9.90 Å². The molecule has 3 nitrogen and oxygen atoms in total. The largest absolute Gasteiger partial charge is 0.478 e. The van der Waals surface area contributed by atoms with Gasteiger partial charge >= 0.3 is 5.97 Å². The van der Waals surface area contributed by atoms with Crippen molar-refractivity contribution in [3.8, 4) is 0 Å². The van der Waals surface area contributed by atoms with E-state index in [0.29, 0.717) is 15.2 Å². The first-order chi connectivity index (χ1) is 8.06. The van der Waals surface area contributed by atoms with Gasteiger partial charge in [-0.3, -0.25) is 0 Å². The number of carboxylic acids is 1. The molecule has 0 spiro atoms. The van der Waals surface area contributed by atoms with E-state index in [0.717, 1.165) is 25.8 Å². The Hall–Kier alpha value is -0.740. The maximum Gasteiger partial charge on any atom is 0.337 e. The number of halogens is 2. The zero-order chi connectivity index (χ0) is 12.8. The number of nitrogens with one attached hydrogen (secondary N) is 1. The molecule has 0 bridgehead atoms. The van der Waals surface area contributed by atoms with Gasteiger partial charge < -0.3 is 10.4 Å². The highest BCUT2D eigenvalue weighted by Gasteiger charge is 2.14. The maximum absolute atomic E-state index is 11.1. The molecule has 0 aliphatic carbocycles. The minimum absolute atomic E-state index is 0.195. The molecule has 1 rings (SSSR count). The smallest absolute Gasteiger partial charge is 0.337 e. The maximum atomic E-state index is 11.1. The van der Waals surface area contributed by atoms with Crippen LogP contribution in [-0.4, -0.2) is 17.6 Å². The lowest BCUT2D eigenvalue weighted by molar-refractivity contribution is 0.0698. The Bertz CT molecular complexity index is 410. The average Bonchev–Trinajstić information content (AvgIpc) is 2.25. The van der Waals surface area contributed by atoms with Gasteiger partial charge in [0.25, 0.3) is 0 Å². The molecule has 0 saturated carbocycles. The van der Waals surface area contributed by atoms with Crippen LogP contribution in [0.1, 0.15) is 36.5 Å². The first-order valence-electron chi connectivity index (χ1n) is 5.52. The molecule has 0 unspecified atom stereocenters. The number of hydrogen-bond donors (Lipinski definition) is 2. The van der Waals surface area contributed by atoms with Crippen LogP contribution < -0.4 is 5.32 Å². The fourth-order valence-electron chi connectivity index (χ4n) is 1.51. The van der Waals surface area contributed by atoms with E-state index in [-0.39, 0.29) is 5.56 Å². The summed E-state index contributed by atoms with van der Waals surface area (Å²) in [5, 5.41) is 12.6. The molecule has 0 atom stereocenters. The molecule has 17 heavy (non-hydrogen) atoms. The summed E-state index contributed by atoms with van der Waals surface area (Å²) in [5.74, 6) is -0.980. The molecular formula is C12H15BrClNO2. The molecular weight excluding hydrogens is 305 g/mol. The van der Waals surface area contributed by atoms with Crippen LogP contribution in [-0.2, 0) is 0 Å². The van der Waals surface area contributed by atoms with E-state index in [1.165, 1.54) is 6.07 Å². The first-order valence-corrected chi connectivity index (χ1v) is 6.69. The van der Waals surface area contributed by atoms with Crippen LogP contribution in [0.4, 0.5) is 5.69 Å². The van der Waals surface area contributed by atoms with E-state index in [4.69, 9.17) is 16.7 Å². The molecule has 1 aromatic rings. The van der Waals surface area contributed by atoms with Gasteiger partial charge in [-0.05, 0) is 34.5 Å². The van der Waals surface area contributed by atoms with E-state index in [9.17, 15) is 4.79 Å². The topological polar surface area (TPSA) is 49.3 Å². The van der Waals surface area contributed by atoms with Crippen LogP contribution in [0.2, 0.25) is 5.02 Å². The third-order valence-corrected chi connectivity index (χ3v) is 3.21. The van der Waals surface area contributed by atoms with E-state index < -0.39 is 5.97 Å². The van der Waals surface area contributed by atoms with Crippen LogP contribution in [0.3, 0.4) is 0 Å². The van der Waals surface area contributed by atoms with Crippen LogP contribution in [0.5, 0.6) is 0 Å². The highest BCUT2D eigenvalue weighted by Crippen LogP contribution is 2.30. The Morgan fingerprint density at radius 2 is 2.18 bits per heavy atom. The molecule has 5 heteroatoms. The summed E-state index contributed by atoms with van der Waals surface area (Å²) >= 11 is 9.15. The number of unbranched alkanes of at least 4 members (excludes halogenated alkanes) is 2. The van der Waals surface area contributed by atoms with Crippen LogP contribution >= 0.6 is 27.5 Å². The quantitative estimate of drug-likeness (QED) is 0.764. The number of aromatic carboxylic acids is 1. The van der Waals surface area contributed by atoms with Gasteiger partial charge in [-0.1, -0.05) is 31.4 Å². The zero-order valence-corrected chi connectivity index (χ0v) is 11.9. The predicted octanol–water partition coefficient (Wildman–Crippen LogP) is 4.40. The van der Waals surface area contributed by atoms with Crippen molar-refractivity contribution in [1.82, 2.24) is 0 Å². The van der Waals surface area contributed by atoms with Crippen molar-refractivity contribution >= 4 is 39.2 Å². The molecule has 0 heterocycles. The Morgan fingerprint density at radius 3 is 2.76 bits per heavy atom. The van der Waals surface area contributed by atoms with Gasteiger partial charge in [0.2, 0.25) is 0 Å². The van der Waals surface area contributed by atoms with Gasteiger partial charge in [0.05, 0.1) is 11.3 Å². The number of hydrogen-bond acceptors (Lipinski definition) is 2. The Balaban J connectivity index is 2.85. The summed E-state index contributed by atoms with van der Waals surface area (Å²) in [6.45, 7) is 2.88. The van der Waals surface area contributed by atoms with Gasteiger partial charge in [-0.2, -0.15) is 0 Å². The average molecular weight is 321 g/mol. The summed E-state index contributed by atoms with van der Waals surface area (Å²) in [7, 11) is 0. The van der Waals surface area contributed by atoms with E-state index in [1.807, 2.05) is 0 Å². The number of benzene rings is 1. The minimum atomic E-state index is -0.980. The number of carboxylic acid groups (broad SMARTS) is 1. The van der Waals surface area contributed by atoms with Gasteiger partial charge in [0.15, 0.2) is 0 Å². The molecule has 0 aromatic heterocycles. The van der Waals surface area contributed by atoms with Crippen molar-refractivity contribution in [1.29, 1.82) is 0 Å². The summed E-state index contributed by atoms with van der Waals surface area (Å²) in [5.41, 5.74) is 0.791. The highest BCUT2D eigenvalue weighted by atomic mass is 79.9. The van der Waals surface area contributed by atoms with Crippen molar-refractivity contribution in [3.05, 3.63) is 27.2 Å². The third kappa shape index (κ3) is 4.21. The van der Waals surface area contributed by atoms with Gasteiger partial charge in [0.1, 0.15) is 0 Å². The van der Waals surface area contributed by atoms with Crippen molar-refractivity contribution in [3.63, 3.8) is 0 Å².